The molecular weight excluding hydrogens is 500 g/mol. The van der Waals surface area contributed by atoms with Gasteiger partial charge in [-0.2, -0.15) is 0 Å². The Labute approximate surface area is 225 Å². The molecule has 0 saturated carbocycles. The van der Waals surface area contributed by atoms with E-state index in [1.807, 2.05) is 67.8 Å². The number of benzene rings is 3. The molecule has 1 heterocycles. The molecule has 38 heavy (non-hydrogen) atoms. The summed E-state index contributed by atoms with van der Waals surface area (Å²) in [6, 6.07) is 21.7. The van der Waals surface area contributed by atoms with Gasteiger partial charge in [0.25, 0.3) is 11.8 Å². The van der Waals surface area contributed by atoms with Gasteiger partial charge < -0.3 is 20.1 Å². The molecule has 0 aliphatic carbocycles. The van der Waals surface area contributed by atoms with Crippen LogP contribution in [0.1, 0.15) is 38.8 Å². The van der Waals surface area contributed by atoms with Crippen LogP contribution in [0.5, 0.6) is 5.75 Å². The highest BCUT2D eigenvalue weighted by Gasteiger charge is 2.23. The van der Waals surface area contributed by atoms with Gasteiger partial charge in [-0.15, -0.1) is 11.3 Å². The van der Waals surface area contributed by atoms with Crippen molar-refractivity contribution in [1.82, 2.24) is 0 Å². The molecule has 0 atom stereocenters. The van der Waals surface area contributed by atoms with Gasteiger partial charge in [0.05, 0.1) is 6.61 Å². The predicted octanol–water partition coefficient (Wildman–Crippen LogP) is 6.48. The second kappa shape index (κ2) is 12.2. The second-order valence-corrected chi connectivity index (χ2v) is 9.38. The monoisotopic (exact) mass is 528 g/mol. The minimum Gasteiger partial charge on any atom is -0.484 e. The number of esters is 1. The number of aryl methyl sites for hydroxylation is 1. The number of anilines is 2. The smallest absolute Gasteiger partial charge is 0.341 e. The van der Waals surface area contributed by atoms with Gasteiger partial charge in [-0.3, -0.25) is 9.59 Å². The van der Waals surface area contributed by atoms with Crippen molar-refractivity contribution in [2.75, 3.05) is 23.8 Å². The van der Waals surface area contributed by atoms with Gasteiger partial charge in [-0.05, 0) is 67.8 Å². The maximum absolute atomic E-state index is 12.7. The largest absolute Gasteiger partial charge is 0.484 e. The first-order valence-electron chi connectivity index (χ1n) is 12.1. The van der Waals surface area contributed by atoms with E-state index >= 15 is 0 Å². The Balaban J connectivity index is 1.39. The molecule has 0 fully saturated rings. The molecule has 194 valence electrons. The number of carbonyl (C=O) groups excluding carboxylic acids is 3. The summed E-state index contributed by atoms with van der Waals surface area (Å²) in [5, 5.41) is 7.90. The zero-order chi connectivity index (χ0) is 27.1. The third-order valence-electron chi connectivity index (χ3n) is 5.95. The fraction of sp³-hybridized carbons (Fsp3) is 0.167. The Morgan fingerprint density at radius 3 is 2.32 bits per heavy atom. The molecular formula is C30H28N2O5S. The first kappa shape index (κ1) is 26.6. The van der Waals surface area contributed by atoms with Crippen LogP contribution in [0.25, 0.3) is 11.1 Å². The molecule has 0 radical (unpaired) electrons. The molecule has 1 aromatic heterocycles. The molecule has 4 rings (SSSR count). The van der Waals surface area contributed by atoms with Crippen LogP contribution in [-0.4, -0.2) is 31.0 Å². The van der Waals surface area contributed by atoms with E-state index in [2.05, 4.69) is 10.6 Å². The minimum atomic E-state index is -0.501. The molecule has 0 unspecified atom stereocenters. The topological polar surface area (TPSA) is 93.7 Å². The number of carbonyl (C=O) groups is 3. The highest BCUT2D eigenvalue weighted by atomic mass is 32.1. The van der Waals surface area contributed by atoms with E-state index in [0.717, 1.165) is 22.4 Å². The van der Waals surface area contributed by atoms with E-state index in [9.17, 15) is 14.4 Å². The number of hydrogen-bond donors (Lipinski definition) is 2. The lowest BCUT2D eigenvalue weighted by molar-refractivity contribution is -0.118. The summed E-state index contributed by atoms with van der Waals surface area (Å²) < 4.78 is 10.8. The van der Waals surface area contributed by atoms with Crippen molar-refractivity contribution in [3.05, 3.63) is 100 Å². The summed E-state index contributed by atoms with van der Waals surface area (Å²) in [7, 11) is 0. The van der Waals surface area contributed by atoms with E-state index < -0.39 is 11.9 Å². The number of nitrogens with one attached hydrogen (secondary N) is 2. The third kappa shape index (κ3) is 6.27. The molecule has 2 amide bonds. The van der Waals surface area contributed by atoms with Crippen molar-refractivity contribution < 1.29 is 23.9 Å². The van der Waals surface area contributed by atoms with Crippen molar-refractivity contribution in [1.29, 1.82) is 0 Å². The predicted molar refractivity (Wildman–Crippen MR) is 150 cm³/mol. The second-order valence-electron chi connectivity index (χ2n) is 8.50. The van der Waals surface area contributed by atoms with E-state index in [1.165, 1.54) is 11.3 Å². The number of hydrogen-bond acceptors (Lipinski definition) is 6. The maximum Gasteiger partial charge on any atom is 0.341 e. The average Bonchev–Trinajstić information content (AvgIpc) is 3.34. The first-order valence-corrected chi connectivity index (χ1v) is 13.0. The fourth-order valence-corrected chi connectivity index (χ4v) is 4.75. The lowest BCUT2D eigenvalue weighted by Gasteiger charge is -2.11. The van der Waals surface area contributed by atoms with Gasteiger partial charge in [0.15, 0.2) is 6.61 Å². The molecule has 0 aliphatic rings. The van der Waals surface area contributed by atoms with Crippen molar-refractivity contribution in [3.63, 3.8) is 0 Å². The van der Waals surface area contributed by atoms with Crippen molar-refractivity contribution in [2.24, 2.45) is 0 Å². The molecule has 0 bridgehead atoms. The highest BCUT2D eigenvalue weighted by Crippen LogP contribution is 2.36. The maximum atomic E-state index is 12.7. The molecule has 0 spiro atoms. The van der Waals surface area contributed by atoms with E-state index in [0.29, 0.717) is 27.4 Å². The number of amides is 2. The van der Waals surface area contributed by atoms with E-state index in [1.54, 1.807) is 31.2 Å². The van der Waals surface area contributed by atoms with Gasteiger partial charge in [0.2, 0.25) is 0 Å². The van der Waals surface area contributed by atoms with Crippen molar-refractivity contribution in [3.8, 4) is 16.9 Å². The summed E-state index contributed by atoms with van der Waals surface area (Å²) in [6.45, 7) is 5.64. The van der Waals surface area contributed by atoms with Crippen molar-refractivity contribution in [2.45, 2.75) is 20.8 Å². The summed E-state index contributed by atoms with van der Waals surface area (Å²) in [5.41, 5.74) is 5.20. The Kier molecular flexibility index (Phi) is 8.55. The van der Waals surface area contributed by atoms with E-state index in [-0.39, 0.29) is 19.1 Å². The Hall–Kier alpha value is -4.43. The lowest BCUT2D eigenvalue weighted by Crippen LogP contribution is -2.21. The van der Waals surface area contributed by atoms with Crippen LogP contribution in [0.3, 0.4) is 0 Å². The van der Waals surface area contributed by atoms with Crippen molar-refractivity contribution >= 4 is 39.8 Å². The zero-order valence-electron chi connectivity index (χ0n) is 21.4. The fourth-order valence-electron chi connectivity index (χ4n) is 3.78. The van der Waals surface area contributed by atoms with Crippen LogP contribution in [0.15, 0.2) is 78.2 Å². The molecule has 3 aromatic carbocycles. The minimum absolute atomic E-state index is 0.220. The molecule has 8 heteroatoms. The Morgan fingerprint density at radius 2 is 1.61 bits per heavy atom. The first-order chi connectivity index (χ1) is 18.4. The third-order valence-corrected chi connectivity index (χ3v) is 6.84. The van der Waals surface area contributed by atoms with Crippen LogP contribution in [0.4, 0.5) is 10.7 Å². The molecule has 0 aliphatic heterocycles. The van der Waals surface area contributed by atoms with Gasteiger partial charge in [-0.1, -0.05) is 42.5 Å². The average molecular weight is 529 g/mol. The number of rotatable bonds is 9. The highest BCUT2D eigenvalue weighted by molar-refractivity contribution is 7.15. The summed E-state index contributed by atoms with van der Waals surface area (Å²) in [4.78, 5) is 38.0. The summed E-state index contributed by atoms with van der Waals surface area (Å²) >= 11 is 1.25. The normalized spacial score (nSPS) is 10.5. The van der Waals surface area contributed by atoms with Crippen LogP contribution in [0, 0.1) is 13.8 Å². The molecule has 7 nitrogen and oxygen atoms in total. The molecule has 4 aromatic rings. The van der Waals surface area contributed by atoms with Gasteiger partial charge >= 0.3 is 5.97 Å². The molecule has 2 N–H and O–H groups in total. The summed E-state index contributed by atoms with van der Waals surface area (Å²) in [5.74, 6) is -0.723. The van der Waals surface area contributed by atoms with Crippen LogP contribution in [-0.2, 0) is 9.53 Å². The van der Waals surface area contributed by atoms with Gasteiger partial charge in [0, 0.05) is 22.2 Å². The van der Waals surface area contributed by atoms with E-state index in [4.69, 9.17) is 9.47 Å². The van der Waals surface area contributed by atoms with Gasteiger partial charge in [-0.25, -0.2) is 4.79 Å². The Morgan fingerprint density at radius 1 is 0.868 bits per heavy atom. The lowest BCUT2D eigenvalue weighted by atomic mass is 10.0. The van der Waals surface area contributed by atoms with Crippen LogP contribution < -0.4 is 15.4 Å². The quantitative estimate of drug-likeness (QED) is 0.243. The standard InChI is InChI=1S/C30H28N2O5S/c1-4-36-30(35)27-24(21-10-6-5-7-11-21)18-38-29(27)32-26(33)17-37-23-15-13-22(14-16-23)28(34)31-25-12-8-9-19(2)20(25)3/h5-16,18H,4,17H2,1-3H3,(H,31,34)(H,32,33). The zero-order valence-corrected chi connectivity index (χ0v) is 22.2. The Bertz CT molecular complexity index is 1450. The SMILES string of the molecule is CCOC(=O)c1c(-c2ccccc2)csc1NC(=O)COc1ccc(C(=O)Nc2cccc(C)c2C)cc1. The number of ether oxygens (including phenoxy) is 2. The van der Waals surface area contributed by atoms with Gasteiger partial charge in [0.1, 0.15) is 16.3 Å². The van der Waals surface area contributed by atoms with Crippen LogP contribution >= 0.6 is 11.3 Å². The van der Waals surface area contributed by atoms with Crippen LogP contribution in [0.2, 0.25) is 0 Å². The molecule has 0 saturated heterocycles. The summed E-state index contributed by atoms with van der Waals surface area (Å²) in [6.07, 6.45) is 0. The number of thiophene rings is 1.